The molecule has 0 aromatic heterocycles. The minimum absolute atomic E-state index is 0.0200. The molecule has 0 aliphatic heterocycles. The lowest BCUT2D eigenvalue weighted by atomic mass is 10.0. The van der Waals surface area contributed by atoms with E-state index in [0.717, 1.165) is 41.5 Å². The van der Waals surface area contributed by atoms with Crippen molar-refractivity contribution in [2.24, 2.45) is 0 Å². The average molecular weight is 530 g/mol. The Labute approximate surface area is 217 Å². The molecule has 1 amide bonds. The van der Waals surface area contributed by atoms with Crippen molar-refractivity contribution in [1.82, 2.24) is 4.90 Å². The fraction of sp³-hybridized carbons (Fsp3) is 0.286. The van der Waals surface area contributed by atoms with E-state index in [9.17, 15) is 23.2 Å². The quantitative estimate of drug-likeness (QED) is 0.176. The van der Waals surface area contributed by atoms with Crippen LogP contribution in [0.5, 0.6) is 0 Å². The lowest BCUT2D eigenvalue weighted by Crippen LogP contribution is -2.34. The van der Waals surface area contributed by atoms with Crippen LogP contribution in [0.15, 0.2) is 60.7 Å². The molecule has 0 atom stereocenters. The molecule has 0 spiro atoms. The number of halogens is 5. The van der Waals surface area contributed by atoms with Gasteiger partial charge in [-0.1, -0.05) is 54.1 Å². The van der Waals surface area contributed by atoms with Crippen molar-refractivity contribution in [1.29, 1.82) is 5.26 Å². The number of nitrogens with zero attached hydrogens (tertiary/aromatic N) is 3. The fourth-order valence-corrected chi connectivity index (χ4v) is 4.52. The van der Waals surface area contributed by atoms with Crippen molar-refractivity contribution in [3.8, 4) is 6.19 Å². The first-order valence-electron chi connectivity index (χ1n) is 11.7. The summed E-state index contributed by atoms with van der Waals surface area (Å²) in [5, 5.41) is 9.41. The molecule has 4 nitrogen and oxygen atoms in total. The van der Waals surface area contributed by atoms with Gasteiger partial charge in [0.2, 0.25) is 0 Å². The zero-order chi connectivity index (χ0) is 26.7. The third-order valence-corrected chi connectivity index (χ3v) is 6.70. The molecule has 0 N–H and O–H groups in total. The second-order valence-corrected chi connectivity index (χ2v) is 9.51. The lowest BCUT2D eigenvalue weighted by Gasteiger charge is -2.26. The first-order valence-corrected chi connectivity index (χ1v) is 12.1. The average Bonchev–Trinajstić information content (AvgIpc) is 3.72. The van der Waals surface area contributed by atoms with E-state index < -0.39 is 23.5 Å². The highest BCUT2D eigenvalue weighted by molar-refractivity contribution is 6.34. The minimum atomic E-state index is -4.49. The van der Waals surface area contributed by atoms with Gasteiger partial charge in [0.25, 0.3) is 5.91 Å². The Bertz CT molecular complexity index is 1330. The molecule has 0 bridgehead atoms. The molecule has 0 saturated heterocycles. The number of rotatable bonds is 8. The number of alkyl halides is 3. The van der Waals surface area contributed by atoms with Gasteiger partial charge in [0, 0.05) is 20.1 Å². The van der Waals surface area contributed by atoms with Gasteiger partial charge < -0.3 is 4.90 Å². The number of carbonyl (C=O) groups excluding carboxylic acids is 1. The van der Waals surface area contributed by atoms with Gasteiger partial charge in [-0.2, -0.15) is 18.4 Å². The van der Waals surface area contributed by atoms with Gasteiger partial charge in [-0.25, -0.2) is 4.39 Å². The minimum Gasteiger partial charge on any atom is -0.334 e. The van der Waals surface area contributed by atoms with Crippen molar-refractivity contribution < 1.29 is 22.4 Å². The van der Waals surface area contributed by atoms with E-state index in [1.54, 1.807) is 6.07 Å². The molecule has 0 radical (unpaired) electrons. The smallest absolute Gasteiger partial charge is 0.334 e. The molecule has 9 heteroatoms. The van der Waals surface area contributed by atoms with Gasteiger partial charge in [-0.05, 0) is 60.1 Å². The third kappa shape index (κ3) is 6.23. The summed E-state index contributed by atoms with van der Waals surface area (Å²) in [7, 11) is 1.36. The Balaban J connectivity index is 1.66. The van der Waals surface area contributed by atoms with E-state index in [4.69, 9.17) is 11.6 Å². The molecule has 192 valence electrons. The molecule has 1 aliphatic rings. The first kappa shape index (κ1) is 26.5. The largest absolute Gasteiger partial charge is 0.416 e. The maximum atomic E-state index is 15.0. The van der Waals surface area contributed by atoms with Gasteiger partial charge in [0.05, 0.1) is 16.3 Å². The monoisotopic (exact) mass is 529 g/mol. The Hall–Kier alpha value is -3.57. The molecule has 1 saturated carbocycles. The van der Waals surface area contributed by atoms with E-state index in [0.29, 0.717) is 11.5 Å². The Kier molecular flexibility index (Phi) is 7.74. The second kappa shape index (κ2) is 10.8. The first-order chi connectivity index (χ1) is 17.6. The summed E-state index contributed by atoms with van der Waals surface area (Å²) < 4.78 is 54.6. The van der Waals surface area contributed by atoms with Crippen molar-refractivity contribution in [2.45, 2.75) is 37.9 Å². The van der Waals surface area contributed by atoms with Crippen LogP contribution >= 0.6 is 11.6 Å². The van der Waals surface area contributed by atoms with Gasteiger partial charge >= 0.3 is 6.18 Å². The van der Waals surface area contributed by atoms with E-state index in [2.05, 4.69) is 0 Å². The summed E-state index contributed by atoms with van der Waals surface area (Å²) in [4.78, 5) is 16.1. The Morgan fingerprint density at radius 2 is 1.78 bits per heavy atom. The normalized spacial score (nSPS) is 13.2. The van der Waals surface area contributed by atoms with E-state index >= 15 is 4.39 Å². The topological polar surface area (TPSA) is 47.3 Å². The van der Waals surface area contributed by atoms with Crippen LogP contribution in [-0.4, -0.2) is 24.4 Å². The third-order valence-electron chi connectivity index (χ3n) is 6.39. The molecule has 0 heterocycles. The number of amides is 1. The highest BCUT2D eigenvalue weighted by Crippen LogP contribution is 2.40. The van der Waals surface area contributed by atoms with Gasteiger partial charge in [-0.15, -0.1) is 0 Å². The van der Waals surface area contributed by atoms with Gasteiger partial charge in [0.1, 0.15) is 11.4 Å². The van der Waals surface area contributed by atoms with Crippen LogP contribution in [-0.2, 0) is 19.1 Å². The van der Waals surface area contributed by atoms with Crippen LogP contribution in [0, 0.1) is 17.3 Å². The summed E-state index contributed by atoms with van der Waals surface area (Å²) in [5.74, 6) is -1.01. The lowest BCUT2D eigenvalue weighted by molar-refractivity contribution is -0.137. The van der Waals surface area contributed by atoms with Crippen LogP contribution in [0.4, 0.5) is 23.2 Å². The summed E-state index contributed by atoms with van der Waals surface area (Å²) in [6.45, 7) is 0.122. The number of hydrogen-bond donors (Lipinski definition) is 0. The molecule has 4 rings (SSSR count). The van der Waals surface area contributed by atoms with Crippen LogP contribution in [0.1, 0.15) is 51.4 Å². The Morgan fingerprint density at radius 1 is 1.08 bits per heavy atom. The second-order valence-electron chi connectivity index (χ2n) is 9.10. The molecule has 1 aliphatic carbocycles. The number of hydrogen-bond acceptors (Lipinski definition) is 3. The van der Waals surface area contributed by atoms with Crippen LogP contribution in [0.3, 0.4) is 0 Å². The van der Waals surface area contributed by atoms with E-state index in [-0.39, 0.29) is 35.8 Å². The summed E-state index contributed by atoms with van der Waals surface area (Å²) >= 11 is 6.23. The predicted octanol–water partition coefficient (Wildman–Crippen LogP) is 7.18. The number of benzene rings is 3. The molecule has 0 unspecified atom stereocenters. The van der Waals surface area contributed by atoms with Gasteiger partial charge in [0.15, 0.2) is 6.19 Å². The van der Waals surface area contributed by atoms with Crippen LogP contribution < -0.4 is 4.90 Å². The molecule has 3 aromatic rings. The molecular formula is C28H24ClF4N3O. The summed E-state index contributed by atoms with van der Waals surface area (Å²) in [6.07, 6.45) is -0.253. The Morgan fingerprint density at radius 3 is 2.41 bits per heavy atom. The zero-order valence-corrected chi connectivity index (χ0v) is 20.8. The standard InChI is InChI=1S/C28H24ClF4N3O/c1-35(17-34)26-23(29)11-12-24(30)25(26)27(37)36(16-19-5-7-20(8-6-19)21-9-10-21)14-13-18-3-2-4-22(15-18)28(31,32)33/h2-8,11-12,15,21H,9-10,13-14,16H2,1H3. The highest BCUT2D eigenvalue weighted by atomic mass is 35.5. The number of nitriles is 1. The molecule has 1 fully saturated rings. The van der Waals surface area contributed by atoms with Crippen molar-refractivity contribution in [3.63, 3.8) is 0 Å². The highest BCUT2D eigenvalue weighted by Gasteiger charge is 2.31. The number of carbonyl (C=O) groups is 1. The van der Waals surface area contributed by atoms with Crippen molar-refractivity contribution >= 4 is 23.2 Å². The van der Waals surface area contributed by atoms with E-state index in [1.807, 2.05) is 30.5 Å². The zero-order valence-electron chi connectivity index (χ0n) is 20.0. The number of anilines is 1. The van der Waals surface area contributed by atoms with Crippen LogP contribution in [0.25, 0.3) is 0 Å². The summed E-state index contributed by atoms with van der Waals surface area (Å²) in [6, 6.07) is 15.0. The fourth-order valence-electron chi connectivity index (χ4n) is 4.23. The van der Waals surface area contributed by atoms with Crippen molar-refractivity contribution in [3.05, 3.63) is 99.3 Å². The maximum Gasteiger partial charge on any atom is 0.416 e. The maximum absolute atomic E-state index is 15.0. The SMILES string of the molecule is CN(C#N)c1c(Cl)ccc(F)c1C(=O)N(CCc1cccc(C(F)(F)F)c1)Cc1ccc(C2CC2)cc1. The predicted molar refractivity (Wildman–Crippen MR) is 134 cm³/mol. The molecule has 37 heavy (non-hydrogen) atoms. The van der Waals surface area contributed by atoms with E-state index in [1.165, 1.54) is 29.6 Å². The van der Waals surface area contributed by atoms with Crippen LogP contribution in [0.2, 0.25) is 5.02 Å². The van der Waals surface area contributed by atoms with Crippen molar-refractivity contribution in [2.75, 3.05) is 18.5 Å². The molecular weight excluding hydrogens is 506 g/mol. The van der Waals surface area contributed by atoms with Gasteiger partial charge in [-0.3, -0.25) is 9.69 Å². The summed E-state index contributed by atoms with van der Waals surface area (Å²) in [5.41, 5.74) is 1.18. The molecule has 3 aromatic carbocycles.